The number of ether oxygens (including phenoxy) is 13. The predicted octanol–water partition coefficient (Wildman–Crippen LogP) is 4.01. The summed E-state index contributed by atoms with van der Waals surface area (Å²) in [6.07, 6.45) is -18.3. The first kappa shape index (κ1) is 64.6. The van der Waals surface area contributed by atoms with Gasteiger partial charge in [-0.05, 0) is 16.7 Å². The second kappa shape index (κ2) is 31.1. The first-order valence-corrected chi connectivity index (χ1v) is 25.9. The summed E-state index contributed by atoms with van der Waals surface area (Å²) < 4.78 is 74.7. The van der Waals surface area contributed by atoms with Crippen LogP contribution in [0.3, 0.4) is 0 Å². The van der Waals surface area contributed by atoms with Gasteiger partial charge in [0, 0.05) is 34.6 Å². The maximum atomic E-state index is 14.7. The standard InChI is InChI=1S/C53H63Cl3N2O22/c1-30(59)57-42-39(75-32(3)61)22-52(50(66)68-6,79-45(42)44(77-34(5)63)41(76-33(4)62)28-70-31(2)60)80-46-43(64)40(27-69-23-35-16-10-7-11-17-35)78-49(47(46)71-24-36-18-12-8-13-19-36)73-26-38(58-51(67)74-29-53(54,55)56)48(65)72-25-37-20-14-9-15-21-37/h7-21,38-47,49,64H,22-29H2,1-6H3,(H,57,59)(H,58,67)/t38-,39-,40+,41+,42+,43-,44+,45+,46-,47+,49+,52-/m0/s1. The Morgan fingerprint density at radius 1 is 0.713 bits per heavy atom. The average molecular weight is 1190 g/mol. The molecule has 0 aliphatic carbocycles. The summed E-state index contributed by atoms with van der Waals surface area (Å²) in [5.74, 6) is -9.96. The van der Waals surface area contributed by atoms with E-state index < -0.39 is 157 Å². The third-order valence-corrected chi connectivity index (χ3v) is 12.0. The Bertz CT molecular complexity index is 2530. The Balaban J connectivity index is 1.67. The average Bonchev–Trinajstić information content (AvgIpc) is 3.45. The van der Waals surface area contributed by atoms with E-state index in [9.17, 15) is 43.5 Å². The van der Waals surface area contributed by atoms with Crippen LogP contribution >= 0.6 is 34.8 Å². The summed E-state index contributed by atoms with van der Waals surface area (Å²) in [6.45, 7) is 1.77. The lowest BCUT2D eigenvalue weighted by Gasteiger charge is -2.51. The number of halogens is 3. The van der Waals surface area contributed by atoms with Crippen molar-refractivity contribution in [2.24, 2.45) is 0 Å². The van der Waals surface area contributed by atoms with Crippen molar-refractivity contribution in [1.82, 2.24) is 10.6 Å². The van der Waals surface area contributed by atoms with Crippen LogP contribution in [0.2, 0.25) is 0 Å². The lowest BCUT2D eigenvalue weighted by atomic mass is 9.87. The van der Waals surface area contributed by atoms with Crippen LogP contribution in [-0.4, -0.2) is 163 Å². The second-order valence-corrected chi connectivity index (χ2v) is 20.6. The molecule has 80 heavy (non-hydrogen) atoms. The smallest absolute Gasteiger partial charge is 0.408 e. The molecule has 0 spiro atoms. The van der Waals surface area contributed by atoms with Crippen LogP contribution in [0, 0.1) is 0 Å². The van der Waals surface area contributed by atoms with Gasteiger partial charge in [-0.25, -0.2) is 14.4 Å². The van der Waals surface area contributed by atoms with E-state index in [1.54, 1.807) is 91.0 Å². The topological polar surface area (TPSA) is 301 Å². The van der Waals surface area contributed by atoms with Crippen molar-refractivity contribution in [3.63, 3.8) is 0 Å². The Hall–Kier alpha value is -6.19. The Labute approximate surface area is 475 Å². The highest BCUT2D eigenvalue weighted by atomic mass is 35.6. The molecular formula is C53H63Cl3N2O22. The molecule has 0 aromatic heterocycles. The number of benzene rings is 3. The number of rotatable bonds is 26. The zero-order chi connectivity index (χ0) is 58.6. The number of aliphatic hydroxyl groups is 1. The molecule has 5 rings (SSSR count). The normalized spacial score (nSPS) is 23.8. The Kier molecular flexibility index (Phi) is 25.2. The lowest BCUT2D eigenvalue weighted by Crippen LogP contribution is -2.71. The summed E-state index contributed by atoms with van der Waals surface area (Å²) in [6, 6.07) is 22.7. The first-order valence-electron chi connectivity index (χ1n) is 24.8. The fourth-order valence-corrected chi connectivity index (χ4v) is 8.53. The second-order valence-electron chi connectivity index (χ2n) is 18.1. The number of alkyl halides is 3. The molecule has 0 bridgehead atoms. The molecule has 2 heterocycles. The number of amides is 2. The number of esters is 6. The monoisotopic (exact) mass is 1180 g/mol. The van der Waals surface area contributed by atoms with Crippen molar-refractivity contribution < 1.29 is 105 Å². The summed E-state index contributed by atoms with van der Waals surface area (Å²) in [5, 5.41) is 17.5. The maximum absolute atomic E-state index is 14.7. The minimum absolute atomic E-state index is 0.0200. The Morgan fingerprint density at radius 3 is 1.84 bits per heavy atom. The molecule has 0 radical (unpaired) electrons. The van der Waals surface area contributed by atoms with Crippen LogP contribution < -0.4 is 10.6 Å². The van der Waals surface area contributed by atoms with Gasteiger partial charge in [0.1, 0.15) is 56.4 Å². The lowest BCUT2D eigenvalue weighted by molar-refractivity contribution is -0.376. The number of alkyl carbamates (subject to hydrolysis) is 1. The molecule has 3 aromatic carbocycles. The summed E-state index contributed by atoms with van der Waals surface area (Å²) in [4.78, 5) is 106. The van der Waals surface area contributed by atoms with Crippen LogP contribution in [0.5, 0.6) is 0 Å². The number of carbonyl (C=O) groups is 8. The van der Waals surface area contributed by atoms with Gasteiger partial charge in [0.05, 0.1) is 46.0 Å². The fourth-order valence-electron chi connectivity index (χ4n) is 8.37. The molecular weight excluding hydrogens is 1120 g/mol. The zero-order valence-electron chi connectivity index (χ0n) is 44.3. The van der Waals surface area contributed by atoms with Crippen molar-refractivity contribution in [3.05, 3.63) is 108 Å². The molecule has 2 aliphatic rings. The summed E-state index contributed by atoms with van der Waals surface area (Å²) in [5.41, 5.74) is 1.84. The quantitative estimate of drug-likeness (QED) is 0.0581. The first-order chi connectivity index (χ1) is 38.0. The number of carbonyl (C=O) groups excluding carboxylic acids is 8. The van der Waals surface area contributed by atoms with E-state index in [4.69, 9.17) is 96.4 Å². The van der Waals surface area contributed by atoms with Crippen molar-refractivity contribution in [2.75, 3.05) is 33.5 Å². The van der Waals surface area contributed by atoms with Gasteiger partial charge < -0.3 is 77.3 Å². The number of hydrogen-bond acceptors (Lipinski definition) is 22. The van der Waals surface area contributed by atoms with Gasteiger partial charge >= 0.3 is 41.9 Å². The van der Waals surface area contributed by atoms with Gasteiger partial charge in [0.2, 0.25) is 9.70 Å². The molecule has 3 aromatic rings. The minimum Gasteiger partial charge on any atom is -0.465 e. The molecule has 12 atom stereocenters. The molecule has 24 nitrogen and oxygen atoms in total. The van der Waals surface area contributed by atoms with Gasteiger partial charge in [-0.15, -0.1) is 0 Å². The van der Waals surface area contributed by atoms with E-state index >= 15 is 0 Å². The highest BCUT2D eigenvalue weighted by Gasteiger charge is 2.62. The van der Waals surface area contributed by atoms with Gasteiger partial charge in [0.25, 0.3) is 5.79 Å². The molecule has 2 amide bonds. The van der Waals surface area contributed by atoms with Crippen LogP contribution in [0.1, 0.15) is 57.7 Å². The highest BCUT2D eigenvalue weighted by Crippen LogP contribution is 2.41. The fraction of sp³-hybridized carbons (Fsp3) is 0.509. The third-order valence-electron chi connectivity index (χ3n) is 11.7. The largest absolute Gasteiger partial charge is 0.465 e. The Morgan fingerprint density at radius 2 is 1.30 bits per heavy atom. The molecule has 438 valence electrons. The zero-order valence-corrected chi connectivity index (χ0v) is 46.6. The van der Waals surface area contributed by atoms with E-state index in [-0.39, 0.29) is 19.8 Å². The van der Waals surface area contributed by atoms with E-state index in [1.165, 1.54) is 0 Å². The highest BCUT2D eigenvalue weighted by molar-refractivity contribution is 6.67. The van der Waals surface area contributed by atoms with Gasteiger partial charge in [-0.3, -0.25) is 24.0 Å². The van der Waals surface area contributed by atoms with Crippen molar-refractivity contribution in [1.29, 1.82) is 0 Å². The van der Waals surface area contributed by atoms with E-state index in [0.29, 0.717) is 16.7 Å². The summed E-state index contributed by atoms with van der Waals surface area (Å²) >= 11 is 17.5. The maximum Gasteiger partial charge on any atom is 0.408 e. The van der Waals surface area contributed by atoms with Crippen molar-refractivity contribution in [3.8, 4) is 0 Å². The van der Waals surface area contributed by atoms with Crippen molar-refractivity contribution in [2.45, 2.75) is 138 Å². The molecule has 27 heteroatoms. The molecule has 0 unspecified atom stereocenters. The minimum atomic E-state index is -2.93. The van der Waals surface area contributed by atoms with Gasteiger partial charge in [0.15, 0.2) is 24.5 Å². The number of aliphatic hydroxyl groups excluding tert-OH is 1. The van der Waals surface area contributed by atoms with Crippen LogP contribution in [-0.2, 0) is 115 Å². The number of nitrogens with one attached hydrogen (secondary N) is 2. The van der Waals surface area contributed by atoms with Crippen LogP contribution in [0.15, 0.2) is 91.0 Å². The van der Waals surface area contributed by atoms with E-state index in [2.05, 4.69) is 10.6 Å². The molecule has 2 aliphatic heterocycles. The van der Waals surface area contributed by atoms with E-state index in [0.717, 1.165) is 41.7 Å². The molecule has 2 saturated heterocycles. The van der Waals surface area contributed by atoms with E-state index in [1.807, 2.05) is 0 Å². The number of hydrogen-bond donors (Lipinski definition) is 3. The summed E-state index contributed by atoms with van der Waals surface area (Å²) in [7, 11) is 0.941. The van der Waals surface area contributed by atoms with Gasteiger partial charge in [-0.2, -0.15) is 0 Å². The van der Waals surface area contributed by atoms with Gasteiger partial charge in [-0.1, -0.05) is 126 Å². The number of methoxy groups -OCH3 is 1. The third kappa shape index (κ3) is 20.4. The molecule has 3 N–H and O–H groups in total. The molecule has 2 fully saturated rings. The van der Waals surface area contributed by atoms with Crippen molar-refractivity contribution >= 4 is 82.6 Å². The SMILES string of the molecule is COC(=O)[C@@]1(O[C@H]2[C@@H](O)[C@@H](COCc3ccccc3)O[C@@H](OC[C@H](NC(=O)OCC(Cl)(Cl)Cl)C(=O)OCc3ccccc3)[C@@H]2OCc2ccccc2)C[C@H](OC(C)=O)[C@@H](NC(C)=O)[C@H]([C@H](OC(C)=O)[C@@H](COC(C)=O)OC(C)=O)O1. The molecule has 0 saturated carbocycles. The van der Waals surface area contributed by atoms with Crippen LogP contribution in [0.4, 0.5) is 4.79 Å². The van der Waals surface area contributed by atoms with Crippen LogP contribution in [0.25, 0.3) is 0 Å². The predicted molar refractivity (Wildman–Crippen MR) is 277 cm³/mol.